The number of rotatable bonds is 4. The molecule has 0 fully saturated rings. The molecule has 6 heteroatoms. The van der Waals surface area contributed by atoms with Crippen LogP contribution >= 0.6 is 0 Å². The first-order chi connectivity index (χ1) is 42.9. The normalized spacial score (nSPS) is 13.2. The monoisotopic (exact) mass is 1120 g/mol. The molecule has 4 nitrogen and oxygen atoms in total. The van der Waals surface area contributed by atoms with Crippen LogP contribution < -0.4 is 21.9 Å². The van der Waals surface area contributed by atoms with Crippen molar-refractivity contribution in [3.63, 3.8) is 0 Å². The molecule has 0 unspecified atom stereocenters. The first-order valence-electron chi connectivity index (χ1n) is 31.4. The quantitative estimate of drug-likeness (QED) is 0.157. The molecular formula is C82H58B2N4. The smallest absolute Gasteiger partial charge is 0.333 e. The van der Waals surface area contributed by atoms with Crippen molar-refractivity contribution in [3.8, 4) is 78.1 Å². The topological polar surface area (TPSA) is 19.7 Å². The highest BCUT2D eigenvalue weighted by atomic mass is 15.1. The largest absolute Gasteiger partial charge is 0.374 e. The van der Waals surface area contributed by atoms with Gasteiger partial charge in [0.2, 0.25) is 0 Å². The zero-order chi connectivity index (χ0) is 58.6. The van der Waals surface area contributed by atoms with Crippen molar-refractivity contribution in [2.75, 3.05) is 0 Å². The van der Waals surface area contributed by atoms with Gasteiger partial charge >= 0.3 is 13.7 Å². The molecule has 412 valence electrons. The van der Waals surface area contributed by atoms with E-state index in [4.69, 9.17) is 0 Å². The van der Waals surface area contributed by atoms with E-state index >= 15 is 0 Å². The lowest BCUT2D eigenvalue weighted by atomic mass is 9.45. The third-order valence-corrected chi connectivity index (χ3v) is 21.3. The summed E-state index contributed by atoms with van der Waals surface area (Å²) in [6.45, 7) is 17.7. The van der Waals surface area contributed by atoms with E-state index < -0.39 is 0 Å². The molecule has 4 aliphatic heterocycles. The second-order valence-electron chi connectivity index (χ2n) is 26.4. The highest BCUT2D eigenvalue weighted by molar-refractivity contribution is 6.92. The van der Waals surface area contributed by atoms with Crippen LogP contribution in [0.15, 0.2) is 206 Å². The van der Waals surface area contributed by atoms with Crippen LogP contribution in [0.4, 0.5) is 0 Å². The van der Waals surface area contributed by atoms with Crippen LogP contribution in [0.25, 0.3) is 155 Å². The molecule has 16 aromatic rings. The number of nitrogens with zero attached hydrogens (tertiary/aromatic N) is 4. The van der Waals surface area contributed by atoms with Gasteiger partial charge in [0.1, 0.15) is 0 Å². The van der Waals surface area contributed by atoms with Gasteiger partial charge in [-0.1, -0.05) is 204 Å². The fraction of sp³-hybridized carbons (Fsp3) is 0.0976. The Morgan fingerprint density at radius 1 is 0.250 bits per heavy atom. The van der Waals surface area contributed by atoms with Crippen molar-refractivity contribution in [2.45, 2.75) is 55.4 Å². The van der Waals surface area contributed by atoms with Crippen LogP contribution in [0, 0.1) is 55.4 Å². The summed E-state index contributed by atoms with van der Waals surface area (Å²) < 4.78 is 11.0. The maximum absolute atomic E-state index is 2.83. The first kappa shape index (κ1) is 48.9. The molecule has 88 heavy (non-hydrogen) atoms. The van der Waals surface area contributed by atoms with Crippen molar-refractivity contribution in [2.24, 2.45) is 0 Å². The van der Waals surface area contributed by atoms with E-state index in [1.165, 1.54) is 221 Å². The van der Waals surface area contributed by atoms with Gasteiger partial charge < -0.3 is 18.1 Å². The molecule has 4 aromatic heterocycles. The van der Waals surface area contributed by atoms with Gasteiger partial charge in [-0.25, -0.2) is 0 Å². The molecule has 0 bridgehead atoms. The molecule has 8 heterocycles. The average molecular weight is 1120 g/mol. The van der Waals surface area contributed by atoms with Crippen molar-refractivity contribution in [3.05, 3.63) is 251 Å². The Balaban J connectivity index is 0.907. The van der Waals surface area contributed by atoms with E-state index in [-0.39, 0.29) is 13.7 Å². The third-order valence-electron chi connectivity index (χ3n) is 21.3. The number of fused-ring (bicyclic) bond motifs is 21. The number of para-hydroxylation sites is 2. The lowest BCUT2D eigenvalue weighted by Crippen LogP contribution is -2.55. The Morgan fingerprint density at radius 3 is 0.989 bits per heavy atom. The first-order valence-corrected chi connectivity index (χ1v) is 31.4. The van der Waals surface area contributed by atoms with Gasteiger partial charge in [-0.15, -0.1) is 0 Å². The lowest BCUT2D eigenvalue weighted by molar-refractivity contribution is 1.17. The van der Waals surface area contributed by atoms with Gasteiger partial charge in [-0.2, -0.15) is 0 Å². The second kappa shape index (κ2) is 16.8. The highest BCUT2D eigenvalue weighted by Crippen LogP contribution is 2.51. The van der Waals surface area contributed by atoms with Gasteiger partial charge in [0.15, 0.2) is 0 Å². The molecule has 4 aliphatic rings. The number of hydrogen-bond acceptors (Lipinski definition) is 0. The minimum atomic E-state index is -0.114. The van der Waals surface area contributed by atoms with E-state index in [2.05, 4.69) is 280 Å². The maximum atomic E-state index is 2.83. The minimum Gasteiger partial charge on any atom is -0.374 e. The molecule has 0 spiro atoms. The second-order valence-corrected chi connectivity index (χ2v) is 26.4. The Morgan fingerprint density at radius 2 is 0.602 bits per heavy atom. The van der Waals surface area contributed by atoms with Crippen molar-refractivity contribution in [1.82, 2.24) is 18.1 Å². The number of benzene rings is 12. The summed E-state index contributed by atoms with van der Waals surface area (Å²) in [4.78, 5) is 0. The van der Waals surface area contributed by atoms with Gasteiger partial charge in [0.05, 0.1) is 33.1 Å². The van der Waals surface area contributed by atoms with E-state index in [1.807, 2.05) is 0 Å². The molecule has 0 atom stereocenters. The Labute approximate surface area is 511 Å². The highest BCUT2D eigenvalue weighted by Gasteiger charge is 2.47. The maximum Gasteiger partial charge on any atom is 0.333 e. The lowest BCUT2D eigenvalue weighted by Gasteiger charge is -2.34. The van der Waals surface area contributed by atoms with Crippen molar-refractivity contribution >= 4 is 112 Å². The van der Waals surface area contributed by atoms with Crippen LogP contribution in [0.5, 0.6) is 0 Å². The average Bonchev–Trinajstić information content (AvgIpc) is 1.47. The molecule has 0 aliphatic carbocycles. The molecular weight excluding hydrogens is 1060 g/mol. The van der Waals surface area contributed by atoms with Crippen LogP contribution in [0.2, 0.25) is 0 Å². The van der Waals surface area contributed by atoms with E-state index in [0.717, 1.165) is 0 Å². The zero-order valence-electron chi connectivity index (χ0n) is 50.6. The van der Waals surface area contributed by atoms with E-state index in [9.17, 15) is 0 Å². The Kier molecular flexibility index (Phi) is 9.34. The summed E-state index contributed by atoms with van der Waals surface area (Å²) in [5.41, 5.74) is 43.8. The summed E-state index contributed by atoms with van der Waals surface area (Å²) in [5, 5.41) is 7.75. The van der Waals surface area contributed by atoms with E-state index in [0.29, 0.717) is 0 Å². The summed E-state index contributed by atoms with van der Waals surface area (Å²) >= 11 is 0. The van der Waals surface area contributed by atoms with Crippen LogP contribution in [-0.4, -0.2) is 31.8 Å². The predicted molar refractivity (Wildman–Crippen MR) is 375 cm³/mol. The third kappa shape index (κ3) is 6.08. The number of hydrogen-bond donors (Lipinski definition) is 0. The molecule has 0 N–H and O–H groups in total. The zero-order valence-corrected chi connectivity index (χ0v) is 50.6. The summed E-state index contributed by atoms with van der Waals surface area (Å²) in [7, 11) is 0. The van der Waals surface area contributed by atoms with Crippen LogP contribution in [0.3, 0.4) is 0 Å². The Bertz CT molecular complexity index is 5630. The van der Waals surface area contributed by atoms with Crippen molar-refractivity contribution < 1.29 is 0 Å². The SMILES string of the molecule is Cc1ccc(C)c(-c2ccc3c(c2)-n2c4cc(-c5cc(C)ccc5C)ccc4c4ccc5c(c42)B3n2c3c-5cccc3c3c2c2cccc4c2n3B2c3ccc(-c5cc(C)ccc5C)cc3-n3c5cc(-c6cc(C)ccc6C)ccc5c5ccc-4c2c53)c1. The number of aryl methyl sites for hydroxylation is 8. The number of aromatic nitrogens is 4. The van der Waals surface area contributed by atoms with Gasteiger partial charge in [0.25, 0.3) is 0 Å². The molecule has 0 amide bonds. The molecule has 20 rings (SSSR count). The van der Waals surface area contributed by atoms with Gasteiger partial charge in [0, 0.05) is 65.9 Å². The Hall–Kier alpha value is -10.3. The summed E-state index contributed by atoms with van der Waals surface area (Å²) in [6, 6.07) is 81.1. The van der Waals surface area contributed by atoms with E-state index in [1.54, 1.807) is 0 Å². The fourth-order valence-electron chi connectivity index (χ4n) is 17.3. The van der Waals surface area contributed by atoms with Crippen molar-refractivity contribution in [1.29, 1.82) is 0 Å². The molecule has 12 aromatic carbocycles. The molecule has 0 saturated heterocycles. The molecule has 0 saturated carbocycles. The fourth-order valence-corrected chi connectivity index (χ4v) is 17.3. The van der Waals surface area contributed by atoms with Crippen LogP contribution in [0.1, 0.15) is 44.5 Å². The van der Waals surface area contributed by atoms with Crippen LogP contribution in [-0.2, 0) is 0 Å². The summed E-state index contributed by atoms with van der Waals surface area (Å²) in [5.74, 6) is 0. The van der Waals surface area contributed by atoms with Gasteiger partial charge in [-0.05, 0) is 179 Å². The minimum absolute atomic E-state index is 0.114. The summed E-state index contributed by atoms with van der Waals surface area (Å²) in [6.07, 6.45) is 0. The molecule has 0 radical (unpaired) electrons. The standard InChI is InChI=1S/C82H58B2N4/c1-43-15-19-47(5)65(35-43)51-23-27-55-61-31-29-57-59-11-9-13-63-77(59)87(83-69-33-25-53(67-37-45(3)17-21-49(67)7)41-73(69)85(71(55)39-51)79(61)75(57)83)81-64-14-10-12-60-58-30-32-62-56-28-24-52(66-36-44(2)16-20-48(66)6)40-72(56)86-74-42-54(68-38-46(4)18-22-50(68)8)26-34-70(74)84(76(58)80(62)86)88(78(60)64)82(63)81/h9-42H,1-8H3. The predicted octanol–water partition coefficient (Wildman–Crippen LogP) is 18.0. The van der Waals surface area contributed by atoms with Gasteiger partial charge in [-0.3, -0.25) is 0 Å².